The molecule has 1 amide bonds. The number of hydrogen-bond acceptors (Lipinski definition) is 13. The summed E-state index contributed by atoms with van der Waals surface area (Å²) in [5, 5.41) is 87.6. The fourth-order valence-electron chi connectivity index (χ4n) is 11.4. The van der Waals surface area contributed by atoms with Crippen molar-refractivity contribution in [2.45, 2.75) is 364 Å². The maximum Gasteiger partial charge on any atom is 0.220 e. The van der Waals surface area contributed by atoms with Gasteiger partial charge in [-0.2, -0.15) is 0 Å². The molecule has 2 aliphatic rings. The Balaban J connectivity index is 1.67. The Bertz CT molecular complexity index is 1660. The first-order chi connectivity index (χ1) is 41.6. The van der Waals surface area contributed by atoms with Gasteiger partial charge in [0.1, 0.15) is 48.8 Å². The molecule has 0 bridgehead atoms. The van der Waals surface area contributed by atoms with E-state index >= 15 is 0 Å². The van der Waals surface area contributed by atoms with Gasteiger partial charge in [0.05, 0.1) is 32.0 Å². The molecule has 85 heavy (non-hydrogen) atoms. The van der Waals surface area contributed by atoms with Crippen molar-refractivity contribution in [1.82, 2.24) is 5.32 Å². The van der Waals surface area contributed by atoms with Gasteiger partial charge in [-0.25, -0.2) is 0 Å². The van der Waals surface area contributed by atoms with Crippen LogP contribution in [0.4, 0.5) is 0 Å². The van der Waals surface area contributed by atoms with Crippen molar-refractivity contribution in [2.75, 3.05) is 19.8 Å². The maximum atomic E-state index is 13.4. The number of aliphatic hydroxyl groups is 8. The van der Waals surface area contributed by atoms with Gasteiger partial charge in [-0.3, -0.25) is 4.79 Å². The standard InChI is InChI=1S/C71H129NO13/c1-3-5-7-9-11-13-15-17-19-21-23-25-27-28-29-30-31-32-33-35-37-39-41-43-45-47-49-51-53-55-63(76)72-59(58-82-70-68(81)66(79)69(62(57-74)84-70)85-71-67(80)65(78)64(77)61(56-73)83-71)60(75)54-52-50-48-46-44-42-40-38-36-34-26-24-22-20-18-16-14-12-10-8-6-4-2/h5,7,11,13,17,19,23,25,28-29,59-62,64-71,73-75,77-81H,3-4,6,8-10,12,14-16,18,20-22,24,26-27,30-58H2,1-2H3,(H,72,76)/b7-5-,13-11-,19-17-,25-23-,29-28-. The Hall–Kier alpha value is -2.31. The van der Waals surface area contributed by atoms with E-state index in [-0.39, 0.29) is 12.5 Å². The maximum absolute atomic E-state index is 13.4. The van der Waals surface area contributed by atoms with Crippen LogP contribution in [0.5, 0.6) is 0 Å². The van der Waals surface area contributed by atoms with Crippen LogP contribution in [-0.2, 0) is 23.7 Å². The average Bonchev–Trinajstić information content (AvgIpc) is 3.69. The van der Waals surface area contributed by atoms with E-state index in [9.17, 15) is 45.6 Å². The molecule has 0 aromatic carbocycles. The van der Waals surface area contributed by atoms with Gasteiger partial charge in [0.25, 0.3) is 0 Å². The first-order valence-electron chi connectivity index (χ1n) is 35.0. The predicted molar refractivity (Wildman–Crippen MR) is 346 cm³/mol. The smallest absolute Gasteiger partial charge is 0.220 e. The number of aliphatic hydroxyl groups excluding tert-OH is 8. The zero-order valence-electron chi connectivity index (χ0n) is 53.8. The van der Waals surface area contributed by atoms with E-state index in [0.717, 1.165) is 83.5 Å². The molecule has 12 unspecified atom stereocenters. The molecule has 2 fully saturated rings. The van der Waals surface area contributed by atoms with Crippen molar-refractivity contribution in [3.8, 4) is 0 Å². The second-order valence-corrected chi connectivity index (χ2v) is 24.6. The van der Waals surface area contributed by atoms with Gasteiger partial charge in [0, 0.05) is 6.42 Å². The Labute approximate surface area is 517 Å². The summed E-state index contributed by atoms with van der Waals surface area (Å²) in [6.45, 7) is 2.78. The Morgan fingerprint density at radius 2 is 0.812 bits per heavy atom. The van der Waals surface area contributed by atoms with Crippen LogP contribution < -0.4 is 5.32 Å². The number of amides is 1. The zero-order chi connectivity index (χ0) is 61.6. The molecule has 14 heteroatoms. The lowest BCUT2D eigenvalue weighted by Gasteiger charge is -2.46. The van der Waals surface area contributed by atoms with Crippen LogP contribution >= 0.6 is 0 Å². The van der Waals surface area contributed by atoms with Gasteiger partial charge in [0.15, 0.2) is 12.6 Å². The van der Waals surface area contributed by atoms with Crippen molar-refractivity contribution in [3.05, 3.63) is 60.8 Å². The molecule has 0 radical (unpaired) electrons. The average molecular weight is 1200 g/mol. The lowest BCUT2D eigenvalue weighted by Crippen LogP contribution is -2.65. The SMILES string of the molecule is CC/C=C\C/C=C\C/C=C\C/C=C\C/C=C\CCCCCCCCCCCCCCCC(=O)NC(COC1OC(CO)C(OC2OC(CO)C(O)C(O)C2O)C(O)C1O)C(O)CCCCCCCCCCCCCCCCCCCCCCCC. The van der Waals surface area contributed by atoms with Gasteiger partial charge >= 0.3 is 0 Å². The van der Waals surface area contributed by atoms with E-state index in [2.05, 4.69) is 79.9 Å². The molecule has 496 valence electrons. The van der Waals surface area contributed by atoms with E-state index in [1.165, 1.54) is 180 Å². The molecule has 0 spiro atoms. The molecular formula is C71H129NO13. The summed E-state index contributed by atoms with van der Waals surface area (Å²) in [5.41, 5.74) is 0. The van der Waals surface area contributed by atoms with Crippen LogP contribution in [0.1, 0.15) is 290 Å². The normalized spacial score (nSPS) is 23.9. The Kier molecular flexibility index (Phi) is 51.7. The molecule has 0 saturated carbocycles. The molecule has 9 N–H and O–H groups in total. The molecule has 0 aliphatic carbocycles. The number of ether oxygens (including phenoxy) is 4. The summed E-state index contributed by atoms with van der Waals surface area (Å²) in [6, 6.07) is -0.833. The topological polar surface area (TPSA) is 228 Å². The third-order valence-electron chi connectivity index (χ3n) is 17.0. The third-order valence-corrected chi connectivity index (χ3v) is 17.0. The Morgan fingerprint density at radius 1 is 0.435 bits per heavy atom. The van der Waals surface area contributed by atoms with Crippen LogP contribution in [0.25, 0.3) is 0 Å². The second kappa shape index (κ2) is 55.7. The fourth-order valence-corrected chi connectivity index (χ4v) is 11.4. The van der Waals surface area contributed by atoms with Gasteiger partial charge < -0.3 is 65.1 Å². The van der Waals surface area contributed by atoms with Crippen molar-refractivity contribution >= 4 is 5.91 Å². The number of hydrogen-bond donors (Lipinski definition) is 9. The fraction of sp³-hybridized carbons (Fsp3) is 0.845. The van der Waals surface area contributed by atoms with Crippen LogP contribution in [0, 0.1) is 0 Å². The summed E-state index contributed by atoms with van der Waals surface area (Å²) in [7, 11) is 0. The van der Waals surface area contributed by atoms with Crippen LogP contribution in [0.2, 0.25) is 0 Å². The quantitative estimate of drug-likeness (QED) is 0.0204. The number of allylic oxidation sites excluding steroid dienone is 10. The molecule has 2 heterocycles. The van der Waals surface area contributed by atoms with Crippen LogP contribution in [-0.4, -0.2) is 140 Å². The van der Waals surface area contributed by atoms with E-state index < -0.39 is 86.8 Å². The van der Waals surface area contributed by atoms with Crippen molar-refractivity contribution in [3.63, 3.8) is 0 Å². The highest BCUT2D eigenvalue weighted by Crippen LogP contribution is 2.30. The van der Waals surface area contributed by atoms with E-state index in [0.29, 0.717) is 12.8 Å². The summed E-state index contributed by atoms with van der Waals surface area (Å²) < 4.78 is 22.9. The predicted octanol–water partition coefficient (Wildman–Crippen LogP) is 14.1. The highest BCUT2D eigenvalue weighted by Gasteiger charge is 2.51. The molecule has 2 aliphatic heterocycles. The highest BCUT2D eigenvalue weighted by molar-refractivity contribution is 5.76. The number of nitrogens with one attached hydrogen (secondary N) is 1. The molecule has 2 saturated heterocycles. The Morgan fingerprint density at radius 3 is 1.25 bits per heavy atom. The van der Waals surface area contributed by atoms with Crippen molar-refractivity contribution in [2.24, 2.45) is 0 Å². The van der Waals surface area contributed by atoms with Crippen LogP contribution in [0.15, 0.2) is 60.8 Å². The molecule has 12 atom stereocenters. The van der Waals surface area contributed by atoms with Crippen molar-refractivity contribution < 1.29 is 64.6 Å². The van der Waals surface area contributed by atoms with Gasteiger partial charge in [0.2, 0.25) is 5.91 Å². The van der Waals surface area contributed by atoms with Gasteiger partial charge in [-0.05, 0) is 57.8 Å². The lowest BCUT2D eigenvalue weighted by atomic mass is 9.97. The summed E-state index contributed by atoms with van der Waals surface area (Å²) in [5.74, 6) is -0.206. The number of rotatable bonds is 57. The minimum absolute atomic E-state index is 0.206. The number of carbonyl (C=O) groups excluding carboxylic acids is 1. The largest absolute Gasteiger partial charge is 0.394 e. The first kappa shape index (κ1) is 78.8. The lowest BCUT2D eigenvalue weighted by molar-refractivity contribution is -0.359. The van der Waals surface area contributed by atoms with Crippen LogP contribution in [0.3, 0.4) is 0 Å². The first-order valence-corrected chi connectivity index (χ1v) is 35.0. The highest BCUT2D eigenvalue weighted by atomic mass is 16.7. The number of unbranched alkanes of at least 4 members (excludes halogenated alkanes) is 34. The van der Waals surface area contributed by atoms with E-state index in [1.54, 1.807) is 0 Å². The molecule has 0 aromatic rings. The second-order valence-electron chi connectivity index (χ2n) is 24.6. The molecule has 14 nitrogen and oxygen atoms in total. The minimum Gasteiger partial charge on any atom is -0.394 e. The van der Waals surface area contributed by atoms with Gasteiger partial charge in [-0.15, -0.1) is 0 Å². The molecule has 0 aromatic heterocycles. The summed E-state index contributed by atoms with van der Waals surface area (Å²) in [6.07, 6.45) is 56.5. The van der Waals surface area contributed by atoms with Crippen molar-refractivity contribution in [1.29, 1.82) is 0 Å². The third kappa shape index (κ3) is 40.1. The minimum atomic E-state index is -1.78. The van der Waals surface area contributed by atoms with Gasteiger partial charge in [-0.1, -0.05) is 286 Å². The number of carbonyl (C=O) groups is 1. The zero-order valence-corrected chi connectivity index (χ0v) is 53.8. The summed E-state index contributed by atoms with van der Waals surface area (Å²) in [4.78, 5) is 13.4. The monoisotopic (exact) mass is 1200 g/mol. The molecular weight excluding hydrogens is 1070 g/mol. The van der Waals surface area contributed by atoms with E-state index in [4.69, 9.17) is 18.9 Å². The van der Waals surface area contributed by atoms with E-state index in [1.807, 2.05) is 0 Å². The summed E-state index contributed by atoms with van der Waals surface area (Å²) >= 11 is 0. The molecule has 2 rings (SSSR count).